The van der Waals surface area contributed by atoms with Crippen molar-refractivity contribution in [2.24, 2.45) is 5.10 Å². The highest BCUT2D eigenvalue weighted by Gasteiger charge is 2.07. The maximum atomic E-state index is 12.9. The molecule has 0 aliphatic rings. The second-order valence-corrected chi connectivity index (χ2v) is 6.33. The number of hydrazone groups is 1. The lowest BCUT2D eigenvalue weighted by Crippen LogP contribution is -2.34. The topological polar surface area (TPSA) is 79.8 Å². The molecule has 0 heterocycles. The molecule has 0 bridgehead atoms. The number of carbonyl (C=O) groups excluding carboxylic acids is 2. The molecule has 6 nitrogen and oxygen atoms in total. The lowest BCUT2D eigenvalue weighted by atomic mass is 10.2. The van der Waals surface area contributed by atoms with E-state index in [4.69, 9.17) is 4.74 Å². The molecule has 0 fully saturated rings. The minimum absolute atomic E-state index is 0.256. The highest BCUT2D eigenvalue weighted by molar-refractivity contribution is 5.96. The van der Waals surface area contributed by atoms with E-state index >= 15 is 0 Å². The molecule has 2 amide bonds. The van der Waals surface area contributed by atoms with Gasteiger partial charge in [0.15, 0.2) is 0 Å². The molecule has 0 atom stereocenters. The summed E-state index contributed by atoms with van der Waals surface area (Å²) in [6.45, 7) is 0.194. The lowest BCUT2D eigenvalue weighted by Gasteiger charge is -2.07. The Morgan fingerprint density at radius 3 is 2.50 bits per heavy atom. The van der Waals surface area contributed by atoms with E-state index in [1.54, 1.807) is 6.07 Å². The summed E-state index contributed by atoms with van der Waals surface area (Å²) >= 11 is 0. The van der Waals surface area contributed by atoms with Gasteiger partial charge in [0.1, 0.15) is 18.2 Å². The number of benzene rings is 3. The van der Waals surface area contributed by atoms with E-state index in [1.807, 2.05) is 48.5 Å². The zero-order valence-electron chi connectivity index (χ0n) is 16.0. The number of ether oxygens (including phenoxy) is 1. The van der Waals surface area contributed by atoms with Crippen LogP contribution in [0.1, 0.15) is 21.5 Å². The molecule has 0 aliphatic heterocycles. The fourth-order valence-corrected chi connectivity index (χ4v) is 2.51. The van der Waals surface area contributed by atoms with Crippen LogP contribution in [-0.2, 0) is 11.4 Å². The van der Waals surface area contributed by atoms with Crippen LogP contribution in [0.4, 0.5) is 4.39 Å². The van der Waals surface area contributed by atoms with Crippen molar-refractivity contribution in [3.05, 3.63) is 101 Å². The first-order valence-corrected chi connectivity index (χ1v) is 9.22. The van der Waals surface area contributed by atoms with Gasteiger partial charge < -0.3 is 10.1 Å². The smallest absolute Gasteiger partial charge is 0.259 e. The molecule has 0 aromatic heterocycles. The molecule has 30 heavy (non-hydrogen) atoms. The molecule has 0 spiro atoms. The predicted molar refractivity (Wildman–Crippen MR) is 112 cm³/mol. The van der Waals surface area contributed by atoms with Crippen molar-refractivity contribution in [1.82, 2.24) is 10.7 Å². The van der Waals surface area contributed by atoms with Crippen LogP contribution in [0, 0.1) is 5.82 Å². The summed E-state index contributed by atoms with van der Waals surface area (Å²) in [6, 6.07) is 22.1. The summed E-state index contributed by atoms with van der Waals surface area (Å²) in [5, 5.41) is 6.32. The molecule has 0 aliphatic carbocycles. The Balaban J connectivity index is 1.44. The van der Waals surface area contributed by atoms with Crippen LogP contribution < -0.4 is 15.5 Å². The van der Waals surface area contributed by atoms with E-state index < -0.39 is 17.6 Å². The zero-order valence-corrected chi connectivity index (χ0v) is 16.0. The van der Waals surface area contributed by atoms with Crippen molar-refractivity contribution in [1.29, 1.82) is 0 Å². The van der Waals surface area contributed by atoms with Gasteiger partial charge in [0.25, 0.3) is 11.8 Å². The third-order valence-electron chi connectivity index (χ3n) is 4.03. The number of nitrogens with zero attached hydrogens (tertiary/aromatic N) is 1. The maximum absolute atomic E-state index is 12.9. The van der Waals surface area contributed by atoms with E-state index in [2.05, 4.69) is 15.8 Å². The van der Waals surface area contributed by atoms with Gasteiger partial charge in [-0.1, -0.05) is 42.5 Å². The molecule has 0 saturated carbocycles. The molecule has 0 saturated heterocycles. The van der Waals surface area contributed by atoms with Crippen LogP contribution in [-0.4, -0.2) is 24.6 Å². The van der Waals surface area contributed by atoms with Gasteiger partial charge in [0, 0.05) is 5.56 Å². The third-order valence-corrected chi connectivity index (χ3v) is 4.03. The first kappa shape index (κ1) is 20.7. The average Bonchev–Trinajstić information content (AvgIpc) is 2.77. The van der Waals surface area contributed by atoms with Crippen molar-refractivity contribution in [2.45, 2.75) is 6.61 Å². The predicted octanol–water partition coefficient (Wildman–Crippen LogP) is 3.28. The molecule has 2 N–H and O–H groups in total. The molecule has 3 aromatic carbocycles. The number of rotatable bonds is 8. The van der Waals surface area contributed by atoms with Crippen molar-refractivity contribution in [3.8, 4) is 5.75 Å². The van der Waals surface area contributed by atoms with Crippen molar-refractivity contribution >= 4 is 18.0 Å². The molecule has 7 heteroatoms. The van der Waals surface area contributed by atoms with E-state index in [0.29, 0.717) is 12.4 Å². The first-order chi connectivity index (χ1) is 14.6. The summed E-state index contributed by atoms with van der Waals surface area (Å²) in [5.74, 6) is -0.718. The van der Waals surface area contributed by atoms with Crippen LogP contribution in [0.2, 0.25) is 0 Å². The van der Waals surface area contributed by atoms with E-state index in [0.717, 1.165) is 11.1 Å². The van der Waals surface area contributed by atoms with Crippen molar-refractivity contribution in [2.75, 3.05) is 6.54 Å². The zero-order chi connectivity index (χ0) is 21.2. The minimum Gasteiger partial charge on any atom is -0.489 e. The maximum Gasteiger partial charge on any atom is 0.259 e. The quantitative estimate of drug-likeness (QED) is 0.446. The molecular formula is C23H20FN3O3. The summed E-state index contributed by atoms with van der Waals surface area (Å²) in [4.78, 5) is 23.7. The van der Waals surface area contributed by atoms with Gasteiger partial charge in [0.2, 0.25) is 0 Å². The fraction of sp³-hybridized carbons (Fsp3) is 0.0870. The summed E-state index contributed by atoms with van der Waals surface area (Å²) in [7, 11) is 0. The fourth-order valence-electron chi connectivity index (χ4n) is 2.51. The van der Waals surface area contributed by atoms with Gasteiger partial charge in [0.05, 0.1) is 12.8 Å². The van der Waals surface area contributed by atoms with E-state index in [1.165, 1.54) is 30.5 Å². The number of amides is 2. The molecule has 152 valence electrons. The summed E-state index contributed by atoms with van der Waals surface area (Å²) in [6.07, 6.45) is 1.48. The van der Waals surface area contributed by atoms with E-state index in [-0.39, 0.29) is 12.1 Å². The first-order valence-electron chi connectivity index (χ1n) is 9.22. The standard InChI is InChI=1S/C23H20FN3O3/c24-20-11-9-19(10-12-20)23(29)25-15-22(28)27-26-14-18-7-4-8-21(13-18)30-16-17-5-2-1-3-6-17/h1-14H,15-16H2,(H,25,29)(H,27,28)/b26-14-. The number of halogens is 1. The molecule has 3 aromatic rings. The van der Waals surface area contributed by atoms with Crippen molar-refractivity contribution in [3.63, 3.8) is 0 Å². The number of nitrogens with one attached hydrogen (secondary N) is 2. The van der Waals surface area contributed by atoms with Crippen LogP contribution >= 0.6 is 0 Å². The second-order valence-electron chi connectivity index (χ2n) is 6.33. The van der Waals surface area contributed by atoms with Gasteiger partial charge in [-0.25, -0.2) is 9.82 Å². The minimum atomic E-state index is -0.488. The SMILES string of the molecule is O=C(CNC(=O)c1ccc(F)cc1)N/N=C\c1cccc(OCc2ccccc2)c1. The average molecular weight is 405 g/mol. The number of hydrogen-bond donors (Lipinski definition) is 2. The third kappa shape index (κ3) is 6.56. The molecule has 0 radical (unpaired) electrons. The Morgan fingerprint density at radius 2 is 1.73 bits per heavy atom. The Hall–Kier alpha value is -4.00. The van der Waals surface area contributed by atoms with Gasteiger partial charge in [-0.15, -0.1) is 0 Å². The second kappa shape index (κ2) is 10.5. The normalized spacial score (nSPS) is 10.6. The number of hydrogen-bond acceptors (Lipinski definition) is 4. The van der Waals surface area contributed by atoms with Gasteiger partial charge in [-0.2, -0.15) is 5.10 Å². The van der Waals surface area contributed by atoms with Crippen LogP contribution in [0.5, 0.6) is 5.75 Å². The van der Waals surface area contributed by atoms with Crippen LogP contribution in [0.25, 0.3) is 0 Å². The Morgan fingerprint density at radius 1 is 0.967 bits per heavy atom. The molecule has 3 rings (SSSR count). The van der Waals surface area contributed by atoms with Crippen molar-refractivity contribution < 1.29 is 18.7 Å². The Bertz CT molecular complexity index is 1020. The van der Waals surface area contributed by atoms with E-state index in [9.17, 15) is 14.0 Å². The summed E-state index contributed by atoms with van der Waals surface area (Å²) in [5.41, 5.74) is 4.41. The highest BCUT2D eigenvalue weighted by atomic mass is 19.1. The largest absolute Gasteiger partial charge is 0.489 e. The van der Waals surface area contributed by atoms with Gasteiger partial charge in [-0.05, 0) is 47.5 Å². The lowest BCUT2D eigenvalue weighted by molar-refractivity contribution is -0.120. The Kier molecular flexibility index (Phi) is 7.27. The molecular weight excluding hydrogens is 385 g/mol. The summed E-state index contributed by atoms with van der Waals surface area (Å²) < 4.78 is 18.6. The molecule has 0 unspecified atom stereocenters. The van der Waals surface area contributed by atoms with Gasteiger partial charge >= 0.3 is 0 Å². The van der Waals surface area contributed by atoms with Crippen LogP contribution in [0.3, 0.4) is 0 Å². The highest BCUT2D eigenvalue weighted by Crippen LogP contribution is 2.14. The van der Waals surface area contributed by atoms with Crippen LogP contribution in [0.15, 0.2) is 84.0 Å². The number of carbonyl (C=O) groups is 2. The van der Waals surface area contributed by atoms with Gasteiger partial charge in [-0.3, -0.25) is 9.59 Å². The Labute approximate surface area is 173 Å². The monoisotopic (exact) mass is 405 g/mol.